The maximum absolute atomic E-state index is 12.4. The molecule has 4 nitrogen and oxygen atoms in total. The van der Waals surface area contributed by atoms with Gasteiger partial charge in [0, 0.05) is 36.9 Å². The van der Waals surface area contributed by atoms with Gasteiger partial charge in [-0.3, -0.25) is 4.79 Å². The molecule has 4 heteroatoms. The van der Waals surface area contributed by atoms with Crippen molar-refractivity contribution in [3.63, 3.8) is 0 Å². The molecule has 0 unspecified atom stereocenters. The van der Waals surface area contributed by atoms with Crippen LogP contribution in [0.15, 0.2) is 59.4 Å². The summed E-state index contributed by atoms with van der Waals surface area (Å²) in [6.45, 7) is 1.34. The first kappa shape index (κ1) is 14.4. The van der Waals surface area contributed by atoms with Gasteiger partial charge in [0.15, 0.2) is 0 Å². The fraction of sp³-hybridized carbons (Fsp3) is 0.167. The number of benzene rings is 2. The van der Waals surface area contributed by atoms with Gasteiger partial charge in [-0.05, 0) is 29.1 Å². The molecule has 0 spiro atoms. The van der Waals surface area contributed by atoms with Gasteiger partial charge in [-0.2, -0.15) is 0 Å². The Balaban J connectivity index is 2.09. The van der Waals surface area contributed by atoms with Crippen molar-refractivity contribution in [3.05, 3.63) is 65.0 Å². The number of likely N-dealkylation sites (N-methyl/N-ethyl adjacent to an activating group) is 1. The Morgan fingerprint density at radius 2 is 1.86 bits per heavy atom. The van der Waals surface area contributed by atoms with Gasteiger partial charge in [-0.15, -0.1) is 0 Å². The molecule has 0 fully saturated rings. The minimum atomic E-state index is -0.0700. The molecule has 0 aliphatic rings. The summed E-state index contributed by atoms with van der Waals surface area (Å²) in [7, 11) is 1.97. The molecular formula is C18H19N3O. The van der Waals surface area contributed by atoms with Crippen molar-refractivity contribution in [2.24, 2.45) is 5.73 Å². The lowest BCUT2D eigenvalue weighted by Crippen LogP contribution is -2.25. The van der Waals surface area contributed by atoms with Gasteiger partial charge in [0.05, 0.1) is 0 Å². The largest absolute Gasteiger partial charge is 0.373 e. The van der Waals surface area contributed by atoms with Crippen LogP contribution in [-0.2, 0) is 0 Å². The van der Waals surface area contributed by atoms with Crippen molar-refractivity contribution >= 4 is 16.5 Å². The van der Waals surface area contributed by atoms with Gasteiger partial charge < -0.3 is 15.6 Å². The molecule has 1 aromatic heterocycles. The summed E-state index contributed by atoms with van der Waals surface area (Å²) in [5.41, 5.74) is 8.35. The van der Waals surface area contributed by atoms with E-state index in [2.05, 4.69) is 4.98 Å². The fourth-order valence-electron chi connectivity index (χ4n) is 2.58. The van der Waals surface area contributed by atoms with Crippen molar-refractivity contribution in [1.82, 2.24) is 4.98 Å². The molecule has 0 amide bonds. The number of H-pyrrole nitrogens is 1. The molecule has 0 saturated heterocycles. The second-order valence-electron chi connectivity index (χ2n) is 5.36. The number of rotatable bonds is 4. The van der Waals surface area contributed by atoms with Gasteiger partial charge in [-0.1, -0.05) is 36.4 Å². The molecule has 1 heterocycles. The van der Waals surface area contributed by atoms with Crippen LogP contribution in [0, 0.1) is 0 Å². The third kappa shape index (κ3) is 2.73. The first-order valence-electron chi connectivity index (χ1n) is 7.33. The minimum absolute atomic E-state index is 0.0700. The normalized spacial score (nSPS) is 10.8. The molecular weight excluding hydrogens is 274 g/mol. The SMILES string of the molecule is CN(CCN)c1ccc2cc(-c3ccccc3)[nH]c(=O)c2c1. The molecule has 3 aromatic rings. The van der Waals surface area contributed by atoms with Gasteiger partial charge in [0.25, 0.3) is 5.56 Å². The number of aromatic nitrogens is 1. The van der Waals surface area contributed by atoms with Crippen molar-refractivity contribution in [3.8, 4) is 11.3 Å². The number of aromatic amines is 1. The summed E-state index contributed by atoms with van der Waals surface area (Å²) < 4.78 is 0. The van der Waals surface area contributed by atoms with Crippen LogP contribution in [0.2, 0.25) is 0 Å². The molecule has 2 aromatic carbocycles. The van der Waals surface area contributed by atoms with Crippen molar-refractivity contribution in [2.75, 3.05) is 25.0 Å². The predicted octanol–water partition coefficient (Wildman–Crippen LogP) is 2.59. The summed E-state index contributed by atoms with van der Waals surface area (Å²) in [5.74, 6) is 0. The number of anilines is 1. The van der Waals surface area contributed by atoms with E-state index < -0.39 is 0 Å². The van der Waals surface area contributed by atoms with Crippen LogP contribution >= 0.6 is 0 Å². The van der Waals surface area contributed by atoms with E-state index in [-0.39, 0.29) is 5.56 Å². The van der Waals surface area contributed by atoms with E-state index in [1.54, 1.807) is 0 Å². The van der Waals surface area contributed by atoms with Crippen LogP contribution in [0.1, 0.15) is 0 Å². The van der Waals surface area contributed by atoms with Crippen LogP contribution in [0.3, 0.4) is 0 Å². The highest BCUT2D eigenvalue weighted by atomic mass is 16.1. The van der Waals surface area contributed by atoms with Crippen LogP contribution in [0.25, 0.3) is 22.0 Å². The molecule has 0 aliphatic carbocycles. The van der Waals surface area contributed by atoms with Crippen molar-refractivity contribution in [1.29, 1.82) is 0 Å². The number of fused-ring (bicyclic) bond motifs is 1. The summed E-state index contributed by atoms with van der Waals surface area (Å²) >= 11 is 0. The second-order valence-corrected chi connectivity index (χ2v) is 5.36. The van der Waals surface area contributed by atoms with E-state index >= 15 is 0 Å². The molecule has 0 bridgehead atoms. The maximum Gasteiger partial charge on any atom is 0.256 e. The summed E-state index contributed by atoms with van der Waals surface area (Å²) in [6.07, 6.45) is 0. The van der Waals surface area contributed by atoms with E-state index in [1.807, 2.05) is 66.5 Å². The summed E-state index contributed by atoms with van der Waals surface area (Å²) in [6, 6.07) is 17.8. The monoisotopic (exact) mass is 293 g/mol. The highest BCUT2D eigenvalue weighted by Crippen LogP contribution is 2.23. The van der Waals surface area contributed by atoms with Gasteiger partial charge in [0.2, 0.25) is 0 Å². The Labute approximate surface area is 129 Å². The number of pyridine rings is 1. The average Bonchev–Trinajstić information content (AvgIpc) is 2.55. The zero-order chi connectivity index (χ0) is 15.5. The van der Waals surface area contributed by atoms with E-state index in [0.717, 1.165) is 28.9 Å². The molecule has 0 atom stereocenters. The molecule has 3 N–H and O–H groups in total. The minimum Gasteiger partial charge on any atom is -0.373 e. The number of hydrogen-bond donors (Lipinski definition) is 2. The Bertz CT molecular complexity index is 840. The maximum atomic E-state index is 12.4. The third-order valence-electron chi connectivity index (χ3n) is 3.82. The second kappa shape index (κ2) is 6.03. The molecule has 112 valence electrons. The lowest BCUT2D eigenvalue weighted by atomic mass is 10.1. The van der Waals surface area contributed by atoms with Crippen LogP contribution < -0.4 is 16.2 Å². The van der Waals surface area contributed by atoms with Gasteiger partial charge in [-0.25, -0.2) is 0 Å². The highest BCUT2D eigenvalue weighted by Gasteiger charge is 2.07. The zero-order valence-corrected chi connectivity index (χ0v) is 12.5. The van der Waals surface area contributed by atoms with Crippen molar-refractivity contribution < 1.29 is 0 Å². The summed E-state index contributed by atoms with van der Waals surface area (Å²) in [5, 5.41) is 1.63. The number of nitrogens with zero attached hydrogens (tertiary/aromatic N) is 1. The Morgan fingerprint density at radius 1 is 1.09 bits per heavy atom. The van der Waals surface area contributed by atoms with E-state index in [0.29, 0.717) is 11.9 Å². The smallest absolute Gasteiger partial charge is 0.256 e. The number of hydrogen-bond acceptors (Lipinski definition) is 3. The Kier molecular flexibility index (Phi) is 3.94. The zero-order valence-electron chi connectivity index (χ0n) is 12.5. The van der Waals surface area contributed by atoms with Crippen LogP contribution in [0.5, 0.6) is 0 Å². The lowest BCUT2D eigenvalue weighted by Gasteiger charge is -2.18. The van der Waals surface area contributed by atoms with Gasteiger partial charge >= 0.3 is 0 Å². The molecule has 0 radical (unpaired) electrons. The molecule has 0 saturated carbocycles. The van der Waals surface area contributed by atoms with E-state index in [1.165, 1.54) is 0 Å². The van der Waals surface area contributed by atoms with Crippen LogP contribution in [0.4, 0.5) is 5.69 Å². The summed E-state index contributed by atoms with van der Waals surface area (Å²) in [4.78, 5) is 17.4. The first-order valence-corrected chi connectivity index (χ1v) is 7.33. The lowest BCUT2D eigenvalue weighted by molar-refractivity contribution is 0.886. The van der Waals surface area contributed by atoms with E-state index in [9.17, 15) is 4.79 Å². The van der Waals surface area contributed by atoms with Gasteiger partial charge in [0.1, 0.15) is 0 Å². The van der Waals surface area contributed by atoms with Crippen molar-refractivity contribution in [2.45, 2.75) is 0 Å². The van der Waals surface area contributed by atoms with E-state index in [4.69, 9.17) is 5.73 Å². The Morgan fingerprint density at radius 3 is 2.59 bits per heavy atom. The standard InChI is InChI=1S/C18H19N3O/c1-21(10-9-19)15-8-7-14-11-17(13-5-3-2-4-6-13)20-18(22)16(14)12-15/h2-8,11-12H,9-10,19H2,1H3,(H,20,22). The number of nitrogens with one attached hydrogen (secondary N) is 1. The number of nitrogens with two attached hydrogens (primary N) is 1. The fourth-order valence-corrected chi connectivity index (χ4v) is 2.58. The molecule has 22 heavy (non-hydrogen) atoms. The third-order valence-corrected chi connectivity index (χ3v) is 3.82. The molecule has 0 aliphatic heterocycles. The first-order chi connectivity index (χ1) is 10.7. The quantitative estimate of drug-likeness (QED) is 0.777. The Hall–Kier alpha value is -2.59. The highest BCUT2D eigenvalue weighted by molar-refractivity contribution is 5.87. The topological polar surface area (TPSA) is 62.1 Å². The molecule has 3 rings (SSSR count). The predicted molar refractivity (Wildman–Crippen MR) is 92.3 cm³/mol. The average molecular weight is 293 g/mol. The van der Waals surface area contributed by atoms with Crippen LogP contribution in [-0.4, -0.2) is 25.1 Å².